The fraction of sp³-hybridized carbons (Fsp3) is 0.0400. The van der Waals surface area contributed by atoms with Crippen LogP contribution in [0.25, 0.3) is 29.3 Å². The number of pyridine rings is 1. The molecule has 2 aromatic carbocycles. The molecule has 31 heavy (non-hydrogen) atoms. The first-order chi connectivity index (χ1) is 15.0. The molecule has 0 saturated heterocycles. The van der Waals surface area contributed by atoms with Gasteiger partial charge in [0.2, 0.25) is 5.78 Å². The number of aromatic nitrogens is 2. The molecule has 1 aliphatic heterocycles. The van der Waals surface area contributed by atoms with Crippen LogP contribution in [0.1, 0.15) is 27.0 Å². The number of carbonyl (C=O) groups is 1. The molecule has 0 radical (unpaired) electrons. The predicted octanol–water partition coefficient (Wildman–Crippen LogP) is 4.77. The SMILES string of the molecule is Cn1cc(C=C2Oc3cc(O)cc(O)c3C2=O)c2c(C=Cc3ccccc3)ccnc21. The summed E-state index contributed by atoms with van der Waals surface area (Å²) in [6, 6.07) is 14.3. The molecule has 0 aliphatic carbocycles. The first kappa shape index (κ1) is 18.7. The van der Waals surface area contributed by atoms with E-state index < -0.39 is 5.78 Å². The molecular weight excluding hydrogens is 392 g/mol. The lowest BCUT2D eigenvalue weighted by atomic mass is 10.0. The number of carbonyl (C=O) groups excluding carboxylic acids is 1. The molecule has 5 rings (SSSR count). The molecule has 0 bridgehead atoms. The van der Waals surface area contributed by atoms with Crippen molar-refractivity contribution < 1.29 is 19.7 Å². The second-order valence-electron chi connectivity index (χ2n) is 7.32. The van der Waals surface area contributed by atoms with Crippen molar-refractivity contribution in [3.8, 4) is 17.2 Å². The van der Waals surface area contributed by atoms with Crippen molar-refractivity contribution in [1.29, 1.82) is 0 Å². The number of phenols is 2. The van der Waals surface area contributed by atoms with Gasteiger partial charge in [-0.1, -0.05) is 42.5 Å². The minimum absolute atomic E-state index is 0.0478. The van der Waals surface area contributed by atoms with Gasteiger partial charge in [-0.15, -0.1) is 0 Å². The van der Waals surface area contributed by atoms with Crippen molar-refractivity contribution in [2.45, 2.75) is 0 Å². The molecule has 1 aliphatic rings. The lowest BCUT2D eigenvalue weighted by Gasteiger charge is -2.01. The van der Waals surface area contributed by atoms with E-state index in [0.717, 1.165) is 33.8 Å². The van der Waals surface area contributed by atoms with Crippen LogP contribution in [0.4, 0.5) is 0 Å². The number of hydrogen-bond donors (Lipinski definition) is 2. The second-order valence-corrected chi connectivity index (χ2v) is 7.32. The van der Waals surface area contributed by atoms with Crippen LogP contribution in [0.5, 0.6) is 17.2 Å². The minimum Gasteiger partial charge on any atom is -0.508 e. The summed E-state index contributed by atoms with van der Waals surface area (Å²) in [5.74, 6) is -0.709. The Morgan fingerprint density at radius 1 is 1.03 bits per heavy atom. The Morgan fingerprint density at radius 2 is 1.84 bits per heavy atom. The predicted molar refractivity (Wildman–Crippen MR) is 119 cm³/mol. The van der Waals surface area contributed by atoms with Gasteiger partial charge in [-0.25, -0.2) is 4.98 Å². The van der Waals surface area contributed by atoms with Gasteiger partial charge in [-0.2, -0.15) is 0 Å². The molecule has 152 valence electrons. The van der Waals surface area contributed by atoms with Crippen LogP contribution in [0.3, 0.4) is 0 Å². The van der Waals surface area contributed by atoms with Gasteiger partial charge >= 0.3 is 0 Å². The number of nitrogens with zero attached hydrogens (tertiary/aromatic N) is 2. The third-order valence-electron chi connectivity index (χ3n) is 5.20. The van der Waals surface area contributed by atoms with E-state index in [1.54, 1.807) is 12.3 Å². The Bertz CT molecular complexity index is 1400. The Labute approximate surface area is 178 Å². The number of fused-ring (bicyclic) bond motifs is 2. The quantitative estimate of drug-likeness (QED) is 0.475. The van der Waals surface area contributed by atoms with Gasteiger partial charge in [-0.3, -0.25) is 4.79 Å². The number of allylic oxidation sites excluding steroid dienone is 1. The van der Waals surface area contributed by atoms with Crippen molar-refractivity contribution >= 4 is 35.0 Å². The van der Waals surface area contributed by atoms with Crippen LogP contribution in [0.2, 0.25) is 0 Å². The number of ketones is 1. The summed E-state index contributed by atoms with van der Waals surface area (Å²) in [6.07, 6.45) is 9.30. The molecule has 4 aromatic rings. The largest absolute Gasteiger partial charge is 0.508 e. The zero-order valence-corrected chi connectivity index (χ0v) is 16.6. The maximum absolute atomic E-state index is 12.8. The fourth-order valence-electron chi connectivity index (χ4n) is 3.78. The van der Waals surface area contributed by atoms with Gasteiger partial charge in [0.1, 0.15) is 28.5 Å². The topological polar surface area (TPSA) is 84.6 Å². The van der Waals surface area contributed by atoms with Gasteiger partial charge in [0.15, 0.2) is 5.76 Å². The van der Waals surface area contributed by atoms with E-state index in [1.165, 1.54) is 6.07 Å². The number of aryl methyl sites for hydroxylation is 1. The summed E-state index contributed by atoms with van der Waals surface area (Å²) >= 11 is 0. The summed E-state index contributed by atoms with van der Waals surface area (Å²) in [4.78, 5) is 17.3. The molecular formula is C25H18N2O4. The van der Waals surface area contributed by atoms with E-state index in [1.807, 2.05) is 66.4 Å². The monoisotopic (exact) mass is 410 g/mol. The second kappa shape index (κ2) is 7.18. The van der Waals surface area contributed by atoms with Gasteiger partial charge in [-0.05, 0) is 23.3 Å². The molecule has 6 heteroatoms. The first-order valence-corrected chi connectivity index (χ1v) is 9.68. The van der Waals surface area contributed by atoms with Crippen LogP contribution in [-0.2, 0) is 7.05 Å². The molecule has 6 nitrogen and oxygen atoms in total. The van der Waals surface area contributed by atoms with Crippen LogP contribution in [0.15, 0.2) is 66.7 Å². The summed E-state index contributed by atoms with van der Waals surface area (Å²) in [5.41, 5.74) is 3.60. The minimum atomic E-state index is -0.435. The average molecular weight is 410 g/mol. The molecule has 0 unspecified atom stereocenters. The number of aromatic hydroxyl groups is 2. The number of Topliss-reactive ketones (excluding diaryl/α,β-unsaturated/α-hetero) is 1. The highest BCUT2D eigenvalue weighted by Gasteiger charge is 2.31. The lowest BCUT2D eigenvalue weighted by Crippen LogP contribution is -1.98. The number of rotatable bonds is 3. The Kier molecular flexibility index (Phi) is 4.33. The summed E-state index contributed by atoms with van der Waals surface area (Å²) in [6.45, 7) is 0. The first-order valence-electron chi connectivity index (χ1n) is 9.68. The van der Waals surface area contributed by atoms with Gasteiger partial charge in [0, 0.05) is 42.5 Å². The number of benzene rings is 2. The molecule has 2 aromatic heterocycles. The highest BCUT2D eigenvalue weighted by atomic mass is 16.5. The van der Waals surface area contributed by atoms with Gasteiger partial charge < -0.3 is 19.5 Å². The molecule has 3 heterocycles. The summed E-state index contributed by atoms with van der Waals surface area (Å²) in [5, 5.41) is 20.6. The molecule has 0 atom stereocenters. The molecule has 0 spiro atoms. The maximum Gasteiger partial charge on any atom is 0.235 e. The van der Waals surface area contributed by atoms with Crippen LogP contribution in [-0.4, -0.2) is 25.5 Å². The van der Waals surface area contributed by atoms with Gasteiger partial charge in [0.05, 0.1) is 0 Å². The van der Waals surface area contributed by atoms with Crippen molar-refractivity contribution in [3.63, 3.8) is 0 Å². The Hall–Kier alpha value is -4.32. The van der Waals surface area contributed by atoms with E-state index in [9.17, 15) is 15.0 Å². The van der Waals surface area contributed by atoms with E-state index in [4.69, 9.17) is 4.74 Å². The smallest absolute Gasteiger partial charge is 0.235 e. The van der Waals surface area contributed by atoms with Gasteiger partial charge in [0.25, 0.3) is 0 Å². The van der Waals surface area contributed by atoms with Crippen LogP contribution >= 0.6 is 0 Å². The zero-order valence-electron chi connectivity index (χ0n) is 16.6. The van der Waals surface area contributed by atoms with E-state index in [2.05, 4.69) is 4.98 Å². The molecule has 0 fully saturated rings. The molecule has 0 saturated carbocycles. The van der Waals surface area contributed by atoms with E-state index in [-0.39, 0.29) is 28.6 Å². The van der Waals surface area contributed by atoms with Crippen molar-refractivity contribution in [3.05, 3.63) is 88.9 Å². The number of ether oxygens (including phenoxy) is 1. The highest BCUT2D eigenvalue weighted by Crippen LogP contribution is 2.41. The van der Waals surface area contributed by atoms with Crippen molar-refractivity contribution in [2.24, 2.45) is 7.05 Å². The third kappa shape index (κ3) is 3.24. The Balaban J connectivity index is 1.61. The lowest BCUT2D eigenvalue weighted by molar-refractivity contribution is 0.101. The third-order valence-corrected chi connectivity index (χ3v) is 5.20. The number of hydrogen-bond acceptors (Lipinski definition) is 5. The summed E-state index contributed by atoms with van der Waals surface area (Å²) < 4.78 is 7.54. The normalized spacial score (nSPS) is 14.5. The summed E-state index contributed by atoms with van der Waals surface area (Å²) in [7, 11) is 1.89. The van der Waals surface area contributed by atoms with Crippen LogP contribution in [0, 0.1) is 0 Å². The fourth-order valence-corrected chi connectivity index (χ4v) is 3.78. The Morgan fingerprint density at radius 3 is 2.65 bits per heavy atom. The van der Waals surface area contributed by atoms with Crippen molar-refractivity contribution in [1.82, 2.24) is 9.55 Å². The maximum atomic E-state index is 12.8. The van der Waals surface area contributed by atoms with E-state index >= 15 is 0 Å². The highest BCUT2D eigenvalue weighted by molar-refractivity contribution is 6.17. The standard InChI is InChI=1S/C25H18N2O4/c1-27-14-17(11-21-24(30)23-19(29)12-18(28)13-20(23)31-21)22-16(9-10-26-25(22)27)8-7-15-5-3-2-4-6-15/h2-14,28-29H,1H3. The average Bonchev–Trinajstić information content (AvgIpc) is 3.24. The molecule has 0 amide bonds. The zero-order chi connectivity index (χ0) is 21.5. The van der Waals surface area contributed by atoms with E-state index in [0.29, 0.717) is 0 Å². The number of phenolic OH excluding ortho intramolecular Hbond substituents is 2. The van der Waals surface area contributed by atoms with Crippen LogP contribution < -0.4 is 4.74 Å². The molecule has 2 N–H and O–H groups in total. The van der Waals surface area contributed by atoms with Crippen molar-refractivity contribution in [2.75, 3.05) is 0 Å².